The van der Waals surface area contributed by atoms with Crippen LogP contribution in [0.5, 0.6) is 0 Å². The molecule has 0 spiro atoms. The molecular formula is C10H6Cl2F2N4OS. The van der Waals surface area contributed by atoms with Crippen molar-refractivity contribution in [2.45, 2.75) is 6.43 Å². The predicted octanol–water partition coefficient (Wildman–Crippen LogP) is 3.54. The highest BCUT2D eigenvalue weighted by molar-refractivity contribution is 7.08. The zero-order valence-electron chi connectivity index (χ0n) is 9.53. The first-order valence-corrected chi connectivity index (χ1v) is 6.63. The molecule has 1 amide bonds. The van der Waals surface area contributed by atoms with Crippen LogP contribution in [0.25, 0.3) is 0 Å². The lowest BCUT2D eigenvalue weighted by molar-refractivity contribution is 0.0952. The molecule has 0 aliphatic heterocycles. The number of aromatic nitrogens is 2. The van der Waals surface area contributed by atoms with Crippen LogP contribution in [0.3, 0.4) is 0 Å². The van der Waals surface area contributed by atoms with Crippen molar-refractivity contribution in [1.29, 1.82) is 0 Å². The predicted molar refractivity (Wildman–Crippen MR) is 72.4 cm³/mol. The van der Waals surface area contributed by atoms with Crippen LogP contribution in [0.1, 0.15) is 21.8 Å². The zero-order valence-corrected chi connectivity index (χ0v) is 11.9. The van der Waals surface area contributed by atoms with Crippen LogP contribution in [-0.2, 0) is 0 Å². The normalized spacial score (nSPS) is 10.7. The molecule has 0 fully saturated rings. The average molecular weight is 339 g/mol. The number of anilines is 1. The van der Waals surface area contributed by atoms with Crippen LogP contribution in [0, 0.1) is 0 Å². The number of rotatable bonds is 4. The van der Waals surface area contributed by atoms with Gasteiger partial charge in [-0.3, -0.25) is 15.6 Å². The summed E-state index contributed by atoms with van der Waals surface area (Å²) in [6.45, 7) is 0. The van der Waals surface area contributed by atoms with Gasteiger partial charge in [0, 0.05) is 0 Å². The number of hydrogen-bond acceptors (Lipinski definition) is 5. The van der Waals surface area contributed by atoms with E-state index in [9.17, 15) is 13.6 Å². The van der Waals surface area contributed by atoms with Gasteiger partial charge in [-0.1, -0.05) is 27.7 Å². The molecule has 2 aromatic rings. The molecule has 0 atom stereocenters. The number of carbonyl (C=O) groups excluding carboxylic acids is 1. The van der Waals surface area contributed by atoms with Gasteiger partial charge in [0.1, 0.15) is 4.88 Å². The van der Waals surface area contributed by atoms with Gasteiger partial charge in [-0.2, -0.15) is 0 Å². The minimum Gasteiger partial charge on any atom is -0.298 e. The van der Waals surface area contributed by atoms with Crippen molar-refractivity contribution in [3.8, 4) is 0 Å². The van der Waals surface area contributed by atoms with Gasteiger partial charge in [0.2, 0.25) is 0 Å². The van der Waals surface area contributed by atoms with Crippen LogP contribution in [0.2, 0.25) is 10.0 Å². The summed E-state index contributed by atoms with van der Waals surface area (Å²) >= 11 is 12.1. The van der Waals surface area contributed by atoms with E-state index < -0.39 is 18.0 Å². The van der Waals surface area contributed by atoms with Gasteiger partial charge in [0.05, 0.1) is 15.7 Å². The lowest BCUT2D eigenvalue weighted by atomic mass is 10.3. The van der Waals surface area contributed by atoms with Crippen LogP contribution < -0.4 is 10.9 Å². The lowest BCUT2D eigenvalue weighted by Crippen LogP contribution is -2.29. The summed E-state index contributed by atoms with van der Waals surface area (Å²) in [5.41, 5.74) is 4.58. The molecule has 0 aliphatic carbocycles. The van der Waals surface area contributed by atoms with E-state index >= 15 is 0 Å². The second-order valence-corrected chi connectivity index (χ2v) is 5.06. The summed E-state index contributed by atoms with van der Waals surface area (Å²) < 4.78 is 28.4. The molecule has 0 saturated heterocycles. The molecule has 10 heteroatoms. The number of benzene rings is 1. The highest BCUT2D eigenvalue weighted by Gasteiger charge is 2.23. The smallest absolute Gasteiger partial charge is 0.283 e. The first-order chi connectivity index (χ1) is 9.49. The van der Waals surface area contributed by atoms with E-state index in [-0.39, 0.29) is 4.88 Å². The third-order valence-electron chi connectivity index (χ3n) is 2.17. The molecule has 106 valence electrons. The maximum absolute atomic E-state index is 12.6. The number of hydrazine groups is 1. The molecule has 20 heavy (non-hydrogen) atoms. The van der Waals surface area contributed by atoms with Gasteiger partial charge in [-0.15, -0.1) is 5.10 Å². The standard InChI is InChI=1S/C10H6Cl2F2N4OS/c11-5-2-1-4(3-6(5)12)15-17-10(19)8-7(9(13)14)16-18-20-8/h1-3,9,15H,(H,17,19). The molecule has 2 rings (SSSR count). The molecule has 5 nitrogen and oxygen atoms in total. The Kier molecular flexibility index (Phi) is 4.69. The fraction of sp³-hybridized carbons (Fsp3) is 0.100. The number of carbonyl (C=O) groups is 1. The summed E-state index contributed by atoms with van der Waals surface area (Å²) in [6.07, 6.45) is -2.86. The lowest BCUT2D eigenvalue weighted by Gasteiger charge is -2.08. The minimum absolute atomic E-state index is 0.257. The van der Waals surface area contributed by atoms with Crippen LogP contribution >= 0.6 is 34.7 Å². The van der Waals surface area contributed by atoms with E-state index in [0.29, 0.717) is 27.3 Å². The molecule has 0 aliphatic rings. The Morgan fingerprint density at radius 1 is 1.30 bits per heavy atom. The molecule has 1 heterocycles. The van der Waals surface area contributed by atoms with E-state index in [0.717, 1.165) is 0 Å². The fourth-order valence-electron chi connectivity index (χ4n) is 1.26. The molecule has 1 aromatic carbocycles. The van der Waals surface area contributed by atoms with Crippen molar-refractivity contribution in [3.63, 3.8) is 0 Å². The van der Waals surface area contributed by atoms with Gasteiger partial charge in [0.15, 0.2) is 5.69 Å². The van der Waals surface area contributed by atoms with Crippen LogP contribution in [-0.4, -0.2) is 15.5 Å². The Bertz CT molecular complexity index is 637. The summed E-state index contributed by atoms with van der Waals surface area (Å²) in [5, 5.41) is 3.86. The first kappa shape index (κ1) is 14.9. The van der Waals surface area contributed by atoms with Crippen molar-refractivity contribution < 1.29 is 13.6 Å². The van der Waals surface area contributed by atoms with Crippen molar-refractivity contribution in [2.24, 2.45) is 0 Å². The zero-order chi connectivity index (χ0) is 14.7. The SMILES string of the molecule is O=C(NNc1ccc(Cl)c(Cl)c1)c1snnc1C(F)F. The highest BCUT2D eigenvalue weighted by Crippen LogP contribution is 2.25. The van der Waals surface area contributed by atoms with E-state index in [1.807, 2.05) is 0 Å². The maximum atomic E-state index is 12.6. The highest BCUT2D eigenvalue weighted by atomic mass is 35.5. The molecule has 0 radical (unpaired) electrons. The van der Waals surface area contributed by atoms with Gasteiger partial charge in [-0.25, -0.2) is 8.78 Å². The van der Waals surface area contributed by atoms with Crippen molar-refractivity contribution in [3.05, 3.63) is 38.8 Å². The van der Waals surface area contributed by atoms with Crippen LogP contribution in [0.15, 0.2) is 18.2 Å². The van der Waals surface area contributed by atoms with Crippen molar-refractivity contribution in [2.75, 3.05) is 5.43 Å². The van der Waals surface area contributed by atoms with Crippen LogP contribution in [0.4, 0.5) is 14.5 Å². The fourth-order valence-corrected chi connectivity index (χ4v) is 2.12. The Morgan fingerprint density at radius 3 is 2.70 bits per heavy atom. The van der Waals surface area contributed by atoms with Crippen molar-refractivity contribution >= 4 is 46.3 Å². The molecule has 0 bridgehead atoms. The number of alkyl halides is 2. The Hall–Kier alpha value is -1.51. The van der Waals surface area contributed by atoms with Crippen molar-refractivity contribution in [1.82, 2.24) is 15.0 Å². The van der Waals surface area contributed by atoms with E-state index in [2.05, 4.69) is 20.4 Å². The minimum atomic E-state index is -2.86. The van der Waals surface area contributed by atoms with E-state index in [4.69, 9.17) is 23.2 Å². The average Bonchev–Trinajstić information content (AvgIpc) is 2.89. The number of nitrogens with zero attached hydrogens (tertiary/aromatic N) is 2. The number of hydrogen-bond donors (Lipinski definition) is 2. The summed E-state index contributed by atoms with van der Waals surface area (Å²) in [5.74, 6) is -0.763. The molecule has 0 saturated carbocycles. The summed E-state index contributed by atoms with van der Waals surface area (Å²) in [6, 6.07) is 4.56. The molecule has 0 unspecified atom stereocenters. The van der Waals surface area contributed by atoms with Gasteiger partial charge >= 0.3 is 0 Å². The Balaban J connectivity index is 2.05. The second kappa shape index (κ2) is 6.29. The van der Waals surface area contributed by atoms with E-state index in [1.165, 1.54) is 12.1 Å². The third-order valence-corrected chi connectivity index (χ3v) is 3.65. The topological polar surface area (TPSA) is 66.9 Å². The Labute approximate surface area is 126 Å². The molecular weight excluding hydrogens is 333 g/mol. The number of amides is 1. The monoisotopic (exact) mass is 338 g/mol. The van der Waals surface area contributed by atoms with Gasteiger partial charge in [0.25, 0.3) is 12.3 Å². The van der Waals surface area contributed by atoms with Gasteiger partial charge in [-0.05, 0) is 29.7 Å². The third kappa shape index (κ3) is 3.33. The Morgan fingerprint density at radius 2 is 2.05 bits per heavy atom. The van der Waals surface area contributed by atoms with E-state index in [1.54, 1.807) is 6.07 Å². The number of nitrogens with one attached hydrogen (secondary N) is 2. The quantitative estimate of drug-likeness (QED) is 0.836. The largest absolute Gasteiger partial charge is 0.298 e. The van der Waals surface area contributed by atoms with Gasteiger partial charge < -0.3 is 0 Å². The summed E-state index contributed by atoms with van der Waals surface area (Å²) in [7, 11) is 0. The first-order valence-electron chi connectivity index (χ1n) is 5.11. The number of halogens is 4. The summed E-state index contributed by atoms with van der Waals surface area (Å²) in [4.78, 5) is 11.5. The maximum Gasteiger partial charge on any atom is 0.283 e. The second-order valence-electron chi connectivity index (χ2n) is 3.50. The molecule has 2 N–H and O–H groups in total. The molecule has 1 aromatic heterocycles.